The number of nitrogens with one attached hydrogen (secondary N) is 1. The Kier molecular flexibility index (Phi) is 12.8. The number of nitrogens with zero attached hydrogens (tertiary/aromatic N) is 4. The fourth-order valence-electron chi connectivity index (χ4n) is 3.19. The highest BCUT2D eigenvalue weighted by Crippen LogP contribution is 2.36. The van der Waals surface area contributed by atoms with Crippen molar-refractivity contribution in [3.05, 3.63) is 71.6 Å². The smallest absolute Gasteiger partial charge is 0.416 e. The van der Waals surface area contributed by atoms with Crippen LogP contribution in [-0.4, -0.2) is 27.0 Å². The molecule has 0 saturated heterocycles. The number of anilines is 2. The summed E-state index contributed by atoms with van der Waals surface area (Å²) in [7, 11) is 0. The SMILES string of the molecule is Cl.Cl.N#CCC(N)=O.NCCn1ccc2ncnc(Nc3ccc(Oc4cccc(C(F)(F)F)c4)c(Cl)c3)c21. The first kappa shape index (κ1) is 33.3. The number of benzene rings is 2. The number of nitriles is 1. The summed E-state index contributed by atoms with van der Waals surface area (Å²) in [6.45, 7) is 1.07. The normalized spacial score (nSPS) is 10.3. The predicted octanol–water partition coefficient (Wildman–Crippen LogP) is 5.83. The number of carbonyl (C=O) groups excluding carboxylic acids is 1. The molecule has 15 heteroatoms. The molecule has 2 aromatic carbocycles. The molecule has 0 bridgehead atoms. The number of carbonyl (C=O) groups is 1. The molecule has 4 rings (SSSR count). The third kappa shape index (κ3) is 9.19. The van der Waals surface area contributed by atoms with Crippen molar-refractivity contribution < 1.29 is 22.7 Å². The molecular weight excluding hydrogens is 582 g/mol. The number of halogens is 6. The fraction of sp³-hybridized carbons (Fsp3) is 0.167. The maximum Gasteiger partial charge on any atom is 0.416 e. The van der Waals surface area contributed by atoms with Crippen molar-refractivity contribution in [2.24, 2.45) is 11.5 Å². The molecule has 0 aliphatic heterocycles. The molecule has 0 radical (unpaired) electrons. The molecule has 9 nitrogen and oxygen atoms in total. The van der Waals surface area contributed by atoms with E-state index in [1.165, 1.54) is 18.5 Å². The second-order valence-electron chi connectivity index (χ2n) is 7.45. The van der Waals surface area contributed by atoms with Crippen molar-refractivity contribution in [1.82, 2.24) is 14.5 Å². The van der Waals surface area contributed by atoms with E-state index in [-0.39, 0.29) is 47.8 Å². The average Bonchev–Trinajstić information content (AvgIpc) is 3.25. The van der Waals surface area contributed by atoms with E-state index >= 15 is 0 Å². The van der Waals surface area contributed by atoms with Crippen LogP contribution in [0.1, 0.15) is 12.0 Å². The Balaban J connectivity index is 0.000000858. The number of alkyl halides is 3. The third-order valence-corrected chi connectivity index (χ3v) is 5.05. The number of nitrogens with two attached hydrogens (primary N) is 2. The first-order valence-electron chi connectivity index (χ1n) is 10.7. The molecular formula is C24H23Cl3F3N7O2. The van der Waals surface area contributed by atoms with Crippen molar-refractivity contribution in [3.8, 4) is 17.6 Å². The Hall–Kier alpha value is -3.76. The molecule has 0 spiro atoms. The van der Waals surface area contributed by atoms with Gasteiger partial charge in [0, 0.05) is 25.0 Å². The zero-order chi connectivity index (χ0) is 27.0. The summed E-state index contributed by atoms with van der Waals surface area (Å²) in [5.74, 6) is 0.268. The van der Waals surface area contributed by atoms with Gasteiger partial charge in [-0.15, -0.1) is 24.8 Å². The van der Waals surface area contributed by atoms with Crippen LogP contribution < -0.4 is 21.5 Å². The number of aromatic nitrogens is 3. The Bertz CT molecular complexity index is 1440. The Morgan fingerprint density at radius 3 is 2.49 bits per heavy atom. The topological polar surface area (TPSA) is 145 Å². The molecule has 0 aliphatic rings. The molecule has 2 aromatic heterocycles. The number of rotatable bonds is 7. The largest absolute Gasteiger partial charge is 0.456 e. The summed E-state index contributed by atoms with van der Waals surface area (Å²) >= 11 is 6.31. The van der Waals surface area contributed by atoms with Crippen LogP contribution in [0.25, 0.3) is 11.0 Å². The summed E-state index contributed by atoms with van der Waals surface area (Å²) < 4.78 is 46.2. The van der Waals surface area contributed by atoms with Crippen molar-refractivity contribution in [1.29, 1.82) is 5.26 Å². The lowest BCUT2D eigenvalue weighted by Crippen LogP contribution is -2.10. The standard InChI is InChI=1S/C21H17ClF3N5O.C3H4N2O.2ClH/c22-16-11-14(29-20-19-17(27-12-28-20)6-8-30(19)9-7-26)4-5-18(16)31-15-3-1-2-13(10-15)21(23,24)25;4-2-1-3(5)6;;/h1-6,8,10-12H,7,9,26H2,(H,27,28,29);1H2,(H2,5,6);2*1H. The summed E-state index contributed by atoms with van der Waals surface area (Å²) in [5.41, 5.74) is 11.6. The van der Waals surface area contributed by atoms with Gasteiger partial charge in [-0.1, -0.05) is 17.7 Å². The molecule has 2 heterocycles. The molecule has 0 fully saturated rings. The van der Waals surface area contributed by atoms with Gasteiger partial charge in [-0.25, -0.2) is 9.97 Å². The molecule has 0 aliphatic carbocycles. The van der Waals surface area contributed by atoms with Gasteiger partial charge in [0.15, 0.2) is 5.82 Å². The molecule has 4 aromatic rings. The quantitative estimate of drug-likeness (QED) is 0.241. The van der Waals surface area contributed by atoms with E-state index in [4.69, 9.17) is 27.3 Å². The molecule has 5 N–H and O–H groups in total. The highest BCUT2D eigenvalue weighted by atomic mass is 35.5. The van der Waals surface area contributed by atoms with E-state index in [0.29, 0.717) is 24.6 Å². The van der Waals surface area contributed by atoms with Gasteiger partial charge in [-0.3, -0.25) is 4.79 Å². The molecule has 208 valence electrons. The second kappa shape index (κ2) is 15.0. The Labute approximate surface area is 238 Å². The van der Waals surface area contributed by atoms with Crippen molar-refractivity contribution in [2.45, 2.75) is 19.1 Å². The highest BCUT2D eigenvalue weighted by molar-refractivity contribution is 6.32. The zero-order valence-electron chi connectivity index (χ0n) is 20.0. The minimum absolute atomic E-state index is 0. The maximum atomic E-state index is 12.9. The van der Waals surface area contributed by atoms with E-state index in [9.17, 15) is 18.0 Å². The lowest BCUT2D eigenvalue weighted by Gasteiger charge is -2.13. The van der Waals surface area contributed by atoms with Crippen LogP contribution in [-0.2, 0) is 17.5 Å². The van der Waals surface area contributed by atoms with Gasteiger partial charge in [0.1, 0.15) is 29.8 Å². The van der Waals surface area contributed by atoms with Gasteiger partial charge in [0.2, 0.25) is 5.91 Å². The lowest BCUT2D eigenvalue weighted by molar-refractivity contribution is -0.137. The molecule has 39 heavy (non-hydrogen) atoms. The van der Waals surface area contributed by atoms with Crippen LogP contribution in [0.5, 0.6) is 11.5 Å². The molecule has 1 amide bonds. The average molecular weight is 605 g/mol. The highest BCUT2D eigenvalue weighted by Gasteiger charge is 2.30. The van der Waals surface area contributed by atoms with E-state index in [2.05, 4.69) is 21.0 Å². The zero-order valence-corrected chi connectivity index (χ0v) is 22.4. The number of ether oxygens (including phenoxy) is 1. The van der Waals surface area contributed by atoms with Crippen LogP contribution in [0, 0.1) is 11.3 Å². The van der Waals surface area contributed by atoms with E-state index in [1.54, 1.807) is 24.3 Å². The Morgan fingerprint density at radius 2 is 1.90 bits per heavy atom. The summed E-state index contributed by atoms with van der Waals surface area (Å²) in [5, 5.41) is 11.1. The van der Waals surface area contributed by atoms with Crippen LogP contribution in [0.15, 0.2) is 61.1 Å². The number of hydrogen-bond acceptors (Lipinski definition) is 7. The fourth-order valence-corrected chi connectivity index (χ4v) is 3.41. The van der Waals surface area contributed by atoms with Gasteiger partial charge in [0.25, 0.3) is 0 Å². The molecule has 0 saturated carbocycles. The summed E-state index contributed by atoms with van der Waals surface area (Å²) in [4.78, 5) is 18.2. The van der Waals surface area contributed by atoms with Gasteiger partial charge in [-0.2, -0.15) is 18.4 Å². The van der Waals surface area contributed by atoms with Crippen LogP contribution >= 0.6 is 36.4 Å². The minimum atomic E-state index is -4.46. The van der Waals surface area contributed by atoms with Crippen molar-refractivity contribution >= 4 is 64.9 Å². The van der Waals surface area contributed by atoms with Crippen LogP contribution in [0.3, 0.4) is 0 Å². The van der Waals surface area contributed by atoms with Crippen molar-refractivity contribution in [3.63, 3.8) is 0 Å². The van der Waals surface area contributed by atoms with Gasteiger partial charge < -0.3 is 26.1 Å². The number of primary amides is 1. The van der Waals surface area contributed by atoms with Crippen LogP contribution in [0.4, 0.5) is 24.7 Å². The Morgan fingerprint density at radius 1 is 1.15 bits per heavy atom. The van der Waals surface area contributed by atoms with E-state index < -0.39 is 17.6 Å². The third-order valence-electron chi connectivity index (χ3n) is 4.76. The predicted molar refractivity (Wildman–Crippen MR) is 147 cm³/mol. The van der Waals surface area contributed by atoms with Gasteiger partial charge in [0.05, 0.1) is 22.2 Å². The summed E-state index contributed by atoms with van der Waals surface area (Å²) in [6.07, 6.45) is -1.30. The number of fused-ring (bicyclic) bond motifs is 1. The van der Waals surface area contributed by atoms with Crippen LogP contribution in [0.2, 0.25) is 5.02 Å². The maximum absolute atomic E-state index is 12.9. The summed E-state index contributed by atoms with van der Waals surface area (Å²) in [6, 6.07) is 12.9. The minimum Gasteiger partial charge on any atom is -0.456 e. The number of amides is 1. The second-order valence-corrected chi connectivity index (χ2v) is 7.86. The van der Waals surface area contributed by atoms with E-state index in [0.717, 1.165) is 23.2 Å². The van der Waals surface area contributed by atoms with Gasteiger partial charge >= 0.3 is 6.18 Å². The van der Waals surface area contributed by atoms with Crippen molar-refractivity contribution in [2.75, 3.05) is 11.9 Å². The monoisotopic (exact) mass is 603 g/mol. The molecule has 0 atom stereocenters. The van der Waals surface area contributed by atoms with Gasteiger partial charge in [-0.05, 0) is 42.5 Å². The first-order valence-corrected chi connectivity index (χ1v) is 11.1. The van der Waals surface area contributed by atoms with E-state index in [1.807, 2.05) is 16.8 Å². The lowest BCUT2D eigenvalue weighted by atomic mass is 10.2. The molecule has 0 unspecified atom stereocenters. The first-order chi connectivity index (χ1) is 17.6. The number of hydrogen-bond donors (Lipinski definition) is 3.